The number of nitriles is 1. The summed E-state index contributed by atoms with van der Waals surface area (Å²) in [4.78, 5) is 0. The summed E-state index contributed by atoms with van der Waals surface area (Å²) in [6.45, 7) is 6.26. The predicted octanol–water partition coefficient (Wildman–Crippen LogP) is 3.48. The van der Waals surface area contributed by atoms with Gasteiger partial charge in [-0.2, -0.15) is 5.26 Å². The third-order valence-electron chi connectivity index (χ3n) is 2.34. The van der Waals surface area contributed by atoms with Crippen LogP contribution in [0.1, 0.15) is 11.7 Å². The van der Waals surface area contributed by atoms with Crippen LogP contribution in [0, 0.1) is 11.3 Å². The first-order valence-electron chi connectivity index (χ1n) is 5.57. The summed E-state index contributed by atoms with van der Waals surface area (Å²) in [6.07, 6.45) is -0.622. The van der Waals surface area contributed by atoms with Crippen LogP contribution in [-0.2, 0) is 4.43 Å². The fraction of sp³-hybridized carbons (Fsp3) is 0.417. The Kier molecular flexibility index (Phi) is 3.53. The number of rotatable bonds is 3. The molecule has 1 heterocycles. The molecule has 0 saturated carbocycles. The van der Waals surface area contributed by atoms with Crippen LogP contribution < -0.4 is 9.47 Å². The fourth-order valence-electron chi connectivity index (χ4n) is 1.66. The number of hydrogen-bond acceptors (Lipinski definition) is 4. The number of fused-ring (bicyclic) bond motifs is 1. The first-order valence-corrected chi connectivity index (χ1v) is 9.36. The van der Waals surface area contributed by atoms with Gasteiger partial charge in [0.15, 0.2) is 25.9 Å². The zero-order valence-electron chi connectivity index (χ0n) is 10.5. The number of hydrogen-bond donors (Lipinski definition) is 0. The van der Waals surface area contributed by atoms with Crippen molar-refractivity contribution in [1.29, 1.82) is 5.26 Å². The molecule has 1 aromatic rings. The molecule has 0 radical (unpaired) electrons. The lowest BCUT2D eigenvalue weighted by Crippen LogP contribution is -2.27. The van der Waals surface area contributed by atoms with Gasteiger partial charge in [0.1, 0.15) is 0 Å². The van der Waals surface area contributed by atoms with Gasteiger partial charge in [0, 0.05) is 0 Å². The van der Waals surface area contributed by atoms with Gasteiger partial charge < -0.3 is 13.9 Å². The molecule has 0 spiro atoms. The molecule has 0 aromatic heterocycles. The van der Waals surface area contributed by atoms with E-state index in [2.05, 4.69) is 6.07 Å². The number of nitrogens with zero attached hydrogens (tertiary/aromatic N) is 1. The van der Waals surface area contributed by atoms with Crippen LogP contribution in [-0.4, -0.2) is 15.1 Å². The molecule has 0 amide bonds. The molecule has 1 aromatic carbocycles. The molecule has 0 fully saturated rings. The number of benzene rings is 1. The van der Waals surface area contributed by atoms with Crippen LogP contribution >= 0.6 is 11.6 Å². The molecule has 1 atom stereocenters. The van der Waals surface area contributed by atoms with Gasteiger partial charge in [-0.1, -0.05) is 11.6 Å². The van der Waals surface area contributed by atoms with Crippen molar-refractivity contribution in [2.75, 3.05) is 6.79 Å². The molecule has 0 saturated heterocycles. The molecule has 6 heteroatoms. The standard InChI is InChI=1S/C12H14ClNO3Si/c1-18(2,3)17-11(6-14)8-4-9(13)12-10(5-8)15-7-16-12/h4-5,11H,7H2,1-3H3. The van der Waals surface area contributed by atoms with E-state index in [1.807, 2.05) is 19.6 Å². The summed E-state index contributed by atoms with van der Waals surface area (Å²) in [6, 6.07) is 5.60. The van der Waals surface area contributed by atoms with Crippen molar-refractivity contribution < 1.29 is 13.9 Å². The Balaban J connectivity index is 2.33. The minimum Gasteiger partial charge on any atom is -0.454 e. The smallest absolute Gasteiger partial charge is 0.231 e. The summed E-state index contributed by atoms with van der Waals surface area (Å²) in [5.74, 6) is 1.10. The predicted molar refractivity (Wildman–Crippen MR) is 70.4 cm³/mol. The first kappa shape index (κ1) is 13.2. The summed E-state index contributed by atoms with van der Waals surface area (Å²) in [5.41, 5.74) is 0.703. The van der Waals surface area contributed by atoms with Gasteiger partial charge in [-0.15, -0.1) is 0 Å². The van der Waals surface area contributed by atoms with Gasteiger partial charge in [-0.05, 0) is 37.3 Å². The van der Waals surface area contributed by atoms with E-state index in [1.54, 1.807) is 12.1 Å². The van der Waals surface area contributed by atoms with Crippen molar-refractivity contribution in [1.82, 2.24) is 0 Å². The summed E-state index contributed by atoms with van der Waals surface area (Å²) in [5, 5.41) is 9.66. The molecular weight excluding hydrogens is 270 g/mol. The van der Waals surface area contributed by atoms with Gasteiger partial charge in [0.05, 0.1) is 11.1 Å². The lowest BCUT2D eigenvalue weighted by atomic mass is 10.1. The number of halogens is 1. The Hall–Kier alpha value is -1.22. The fourth-order valence-corrected chi connectivity index (χ4v) is 2.83. The van der Waals surface area contributed by atoms with Crippen LogP contribution in [0.4, 0.5) is 0 Å². The van der Waals surface area contributed by atoms with Crippen LogP contribution in [0.3, 0.4) is 0 Å². The zero-order valence-corrected chi connectivity index (χ0v) is 12.2. The molecule has 1 aliphatic heterocycles. The molecule has 0 aliphatic carbocycles. The van der Waals surface area contributed by atoms with E-state index in [1.165, 1.54) is 0 Å². The average molecular weight is 284 g/mol. The van der Waals surface area contributed by atoms with Gasteiger partial charge >= 0.3 is 0 Å². The highest BCUT2D eigenvalue weighted by Gasteiger charge is 2.26. The Morgan fingerprint density at radius 1 is 1.39 bits per heavy atom. The third kappa shape index (κ3) is 2.78. The van der Waals surface area contributed by atoms with Crippen molar-refractivity contribution in [2.45, 2.75) is 25.7 Å². The van der Waals surface area contributed by atoms with Gasteiger partial charge in [-0.25, -0.2) is 0 Å². The second-order valence-electron chi connectivity index (χ2n) is 4.98. The van der Waals surface area contributed by atoms with Crippen LogP contribution in [0.25, 0.3) is 0 Å². The van der Waals surface area contributed by atoms with Gasteiger partial charge in [0.2, 0.25) is 6.79 Å². The average Bonchev–Trinajstić information content (AvgIpc) is 2.73. The largest absolute Gasteiger partial charge is 0.454 e. The third-order valence-corrected chi connectivity index (χ3v) is 3.56. The minimum absolute atomic E-state index is 0.157. The maximum atomic E-state index is 9.21. The highest BCUT2D eigenvalue weighted by molar-refractivity contribution is 6.69. The Morgan fingerprint density at radius 3 is 2.72 bits per heavy atom. The SMILES string of the molecule is C[Si](C)(C)OC(C#N)c1cc(Cl)c2c(c1)OCO2. The maximum Gasteiger partial charge on any atom is 0.231 e. The van der Waals surface area contributed by atoms with E-state index in [9.17, 15) is 5.26 Å². The summed E-state index contributed by atoms with van der Waals surface area (Å²) >= 11 is 6.09. The van der Waals surface area contributed by atoms with Crippen LogP contribution in [0.2, 0.25) is 24.7 Å². The lowest BCUT2D eigenvalue weighted by Gasteiger charge is -2.22. The monoisotopic (exact) mass is 283 g/mol. The quantitative estimate of drug-likeness (QED) is 0.797. The van der Waals surface area contributed by atoms with Gasteiger partial charge in [-0.3, -0.25) is 0 Å². The first-order chi connectivity index (χ1) is 8.40. The molecule has 4 nitrogen and oxygen atoms in total. The van der Waals surface area contributed by atoms with E-state index in [4.69, 9.17) is 25.5 Å². The van der Waals surface area contributed by atoms with Crippen LogP contribution in [0.5, 0.6) is 11.5 Å². The van der Waals surface area contributed by atoms with E-state index < -0.39 is 14.4 Å². The molecule has 1 unspecified atom stereocenters. The van der Waals surface area contributed by atoms with Crippen molar-refractivity contribution in [2.24, 2.45) is 0 Å². The van der Waals surface area contributed by atoms with Crippen LogP contribution in [0.15, 0.2) is 12.1 Å². The Morgan fingerprint density at radius 2 is 2.11 bits per heavy atom. The van der Waals surface area contributed by atoms with Crippen molar-refractivity contribution in [3.63, 3.8) is 0 Å². The summed E-state index contributed by atoms with van der Waals surface area (Å²) in [7, 11) is -1.80. The molecule has 1 aliphatic rings. The summed E-state index contributed by atoms with van der Waals surface area (Å²) < 4.78 is 16.3. The molecule has 0 bridgehead atoms. The second-order valence-corrected chi connectivity index (χ2v) is 9.84. The second kappa shape index (κ2) is 4.80. The highest BCUT2D eigenvalue weighted by atomic mass is 35.5. The van der Waals surface area contributed by atoms with Crippen molar-refractivity contribution in [3.05, 3.63) is 22.7 Å². The number of ether oxygens (including phenoxy) is 2. The van der Waals surface area contributed by atoms with E-state index in [0.29, 0.717) is 22.1 Å². The molecular formula is C12H14ClNO3Si. The van der Waals surface area contributed by atoms with Crippen molar-refractivity contribution >= 4 is 19.9 Å². The molecule has 0 N–H and O–H groups in total. The van der Waals surface area contributed by atoms with E-state index in [-0.39, 0.29) is 6.79 Å². The molecule has 18 heavy (non-hydrogen) atoms. The maximum absolute atomic E-state index is 9.21. The Labute approximate surface area is 112 Å². The zero-order chi connectivity index (χ0) is 13.3. The topological polar surface area (TPSA) is 51.5 Å². The van der Waals surface area contributed by atoms with E-state index >= 15 is 0 Å². The van der Waals surface area contributed by atoms with Gasteiger partial charge in [0.25, 0.3) is 0 Å². The molecule has 2 rings (SSSR count). The highest BCUT2D eigenvalue weighted by Crippen LogP contribution is 2.41. The lowest BCUT2D eigenvalue weighted by molar-refractivity contribution is 0.174. The minimum atomic E-state index is -1.80. The van der Waals surface area contributed by atoms with E-state index in [0.717, 1.165) is 0 Å². The Bertz CT molecular complexity index is 507. The van der Waals surface area contributed by atoms with Crippen molar-refractivity contribution in [3.8, 4) is 17.6 Å². The molecule has 96 valence electrons. The normalized spacial score (nSPS) is 15.3.